The highest BCUT2D eigenvalue weighted by Crippen LogP contribution is 2.18. The van der Waals surface area contributed by atoms with Crippen LogP contribution >= 0.6 is 0 Å². The molecule has 15 heavy (non-hydrogen) atoms. The average molecular weight is 211 g/mol. The molecule has 0 saturated carbocycles. The second kappa shape index (κ2) is 4.93. The Morgan fingerprint density at radius 1 is 1.60 bits per heavy atom. The first kappa shape index (κ1) is 11.7. The first-order valence-electron chi connectivity index (χ1n) is 5.03. The molecule has 1 aromatic heterocycles. The van der Waals surface area contributed by atoms with Gasteiger partial charge in [-0.05, 0) is 20.3 Å². The molecule has 1 heterocycles. The fourth-order valence-electron chi connectivity index (χ4n) is 1.20. The van der Waals surface area contributed by atoms with Crippen molar-refractivity contribution in [2.45, 2.75) is 27.2 Å². The van der Waals surface area contributed by atoms with Crippen molar-refractivity contribution >= 4 is 11.8 Å². The Labute approximate surface area is 89.0 Å². The maximum absolute atomic E-state index is 11.7. The van der Waals surface area contributed by atoms with E-state index in [0.29, 0.717) is 18.8 Å². The van der Waals surface area contributed by atoms with Crippen LogP contribution in [0, 0.1) is 19.8 Å². The van der Waals surface area contributed by atoms with Gasteiger partial charge in [-0.3, -0.25) is 10.1 Å². The highest BCUT2D eigenvalue weighted by molar-refractivity contribution is 5.92. The molecule has 1 atom stereocenters. The predicted molar refractivity (Wildman–Crippen MR) is 57.4 cm³/mol. The van der Waals surface area contributed by atoms with Crippen molar-refractivity contribution in [2.75, 3.05) is 11.9 Å². The number of nitrogens with zero attached hydrogens (tertiary/aromatic N) is 1. The number of rotatable bonds is 4. The quantitative estimate of drug-likeness (QED) is 0.784. The summed E-state index contributed by atoms with van der Waals surface area (Å²) < 4.78 is 4.98. The average Bonchev–Trinajstić information content (AvgIpc) is 2.52. The third-order valence-corrected chi connectivity index (χ3v) is 2.54. The molecule has 1 amide bonds. The van der Waals surface area contributed by atoms with E-state index in [2.05, 4.69) is 10.5 Å². The van der Waals surface area contributed by atoms with Crippen LogP contribution in [0.1, 0.15) is 24.6 Å². The van der Waals surface area contributed by atoms with Gasteiger partial charge in [-0.2, -0.15) is 0 Å². The molecule has 3 N–H and O–H groups in total. The van der Waals surface area contributed by atoms with Gasteiger partial charge in [0, 0.05) is 12.1 Å². The van der Waals surface area contributed by atoms with Gasteiger partial charge in [0.25, 0.3) is 0 Å². The summed E-state index contributed by atoms with van der Waals surface area (Å²) >= 11 is 0. The predicted octanol–water partition coefficient (Wildman–Crippen LogP) is 1.21. The topological polar surface area (TPSA) is 81.2 Å². The maximum Gasteiger partial charge on any atom is 0.234 e. The highest BCUT2D eigenvalue weighted by Gasteiger charge is 2.18. The molecule has 5 heteroatoms. The Hall–Kier alpha value is -1.36. The maximum atomic E-state index is 11.7. The summed E-state index contributed by atoms with van der Waals surface area (Å²) in [7, 11) is 0. The summed E-state index contributed by atoms with van der Waals surface area (Å²) in [4.78, 5) is 11.7. The lowest BCUT2D eigenvalue weighted by atomic mass is 10.1. The molecule has 0 saturated heterocycles. The number of aromatic nitrogens is 1. The van der Waals surface area contributed by atoms with Crippen LogP contribution in [-0.4, -0.2) is 17.6 Å². The minimum absolute atomic E-state index is 0.112. The first-order chi connectivity index (χ1) is 7.10. The van der Waals surface area contributed by atoms with E-state index < -0.39 is 0 Å². The van der Waals surface area contributed by atoms with Crippen LogP contribution in [0.3, 0.4) is 0 Å². The minimum Gasteiger partial charge on any atom is -0.338 e. The molecule has 1 unspecified atom stereocenters. The van der Waals surface area contributed by atoms with Crippen LogP contribution in [0.4, 0.5) is 5.88 Å². The molecule has 0 spiro atoms. The molecule has 0 bridgehead atoms. The molecule has 0 aliphatic heterocycles. The molecule has 1 aromatic rings. The van der Waals surface area contributed by atoms with Crippen LogP contribution in [0.5, 0.6) is 0 Å². The Morgan fingerprint density at radius 3 is 2.67 bits per heavy atom. The van der Waals surface area contributed by atoms with Gasteiger partial charge in [0.05, 0.1) is 11.6 Å². The number of aryl methyl sites for hydroxylation is 1. The van der Waals surface area contributed by atoms with E-state index in [9.17, 15) is 4.79 Å². The zero-order chi connectivity index (χ0) is 11.4. The summed E-state index contributed by atoms with van der Waals surface area (Å²) in [5, 5.41) is 6.44. The van der Waals surface area contributed by atoms with E-state index >= 15 is 0 Å². The van der Waals surface area contributed by atoms with E-state index in [1.807, 2.05) is 20.8 Å². The van der Waals surface area contributed by atoms with Gasteiger partial charge in [-0.25, -0.2) is 0 Å². The lowest BCUT2D eigenvalue weighted by molar-refractivity contribution is -0.119. The summed E-state index contributed by atoms with van der Waals surface area (Å²) in [6, 6.07) is 0. The molecule has 0 fully saturated rings. The van der Waals surface area contributed by atoms with Crippen molar-refractivity contribution in [1.29, 1.82) is 0 Å². The fourth-order valence-corrected chi connectivity index (χ4v) is 1.20. The molecule has 5 nitrogen and oxygen atoms in total. The van der Waals surface area contributed by atoms with E-state index in [-0.39, 0.29) is 11.8 Å². The van der Waals surface area contributed by atoms with Crippen molar-refractivity contribution in [3.63, 3.8) is 0 Å². The molecule has 0 aromatic carbocycles. The summed E-state index contributed by atoms with van der Waals surface area (Å²) in [6.07, 6.45) is 0.717. The second-order valence-electron chi connectivity index (χ2n) is 3.55. The molecular formula is C10H17N3O2. The number of carbonyl (C=O) groups is 1. The van der Waals surface area contributed by atoms with Gasteiger partial charge < -0.3 is 10.3 Å². The van der Waals surface area contributed by atoms with Gasteiger partial charge in [-0.15, -0.1) is 0 Å². The Bertz CT molecular complexity index is 342. The molecule has 0 aliphatic carbocycles. The highest BCUT2D eigenvalue weighted by atomic mass is 16.5. The molecule has 0 aliphatic rings. The second-order valence-corrected chi connectivity index (χ2v) is 3.55. The molecule has 0 radical (unpaired) electrons. The van der Waals surface area contributed by atoms with Crippen molar-refractivity contribution in [3.05, 3.63) is 11.3 Å². The van der Waals surface area contributed by atoms with E-state index in [0.717, 1.165) is 11.3 Å². The van der Waals surface area contributed by atoms with E-state index in [1.54, 1.807) is 0 Å². The summed E-state index contributed by atoms with van der Waals surface area (Å²) in [5.74, 6) is 0.137. The molecule has 84 valence electrons. The Morgan fingerprint density at radius 2 is 2.27 bits per heavy atom. The third-order valence-electron chi connectivity index (χ3n) is 2.54. The van der Waals surface area contributed by atoms with Crippen molar-refractivity contribution in [1.82, 2.24) is 5.16 Å². The largest absolute Gasteiger partial charge is 0.338 e. The number of nitrogens with two attached hydrogens (primary N) is 1. The lowest BCUT2D eigenvalue weighted by Gasteiger charge is -2.10. The zero-order valence-corrected chi connectivity index (χ0v) is 9.33. The third kappa shape index (κ3) is 2.56. The standard InChI is InChI=1S/C10H17N3O2/c1-4-8(5-11)9(14)12-10-6(2)7(3)13-15-10/h8H,4-5,11H2,1-3H3,(H,12,14). The summed E-state index contributed by atoms with van der Waals surface area (Å²) in [5.41, 5.74) is 7.11. The normalized spacial score (nSPS) is 12.5. The SMILES string of the molecule is CCC(CN)C(=O)Nc1onc(C)c1C. The number of carbonyl (C=O) groups excluding carboxylic acids is 1. The van der Waals surface area contributed by atoms with Gasteiger partial charge in [0.15, 0.2) is 0 Å². The molecule has 1 rings (SSSR count). The number of amides is 1. The van der Waals surface area contributed by atoms with Crippen LogP contribution in [0.25, 0.3) is 0 Å². The van der Waals surface area contributed by atoms with Crippen LogP contribution < -0.4 is 11.1 Å². The minimum atomic E-state index is -0.171. The first-order valence-corrected chi connectivity index (χ1v) is 5.03. The van der Waals surface area contributed by atoms with Crippen LogP contribution in [0.15, 0.2) is 4.52 Å². The fraction of sp³-hybridized carbons (Fsp3) is 0.600. The Kier molecular flexibility index (Phi) is 3.85. The monoisotopic (exact) mass is 211 g/mol. The van der Waals surface area contributed by atoms with Crippen molar-refractivity contribution in [3.8, 4) is 0 Å². The van der Waals surface area contributed by atoms with Crippen LogP contribution in [0.2, 0.25) is 0 Å². The number of hydrogen-bond acceptors (Lipinski definition) is 4. The smallest absolute Gasteiger partial charge is 0.234 e. The molecular weight excluding hydrogens is 194 g/mol. The van der Waals surface area contributed by atoms with Crippen molar-refractivity contribution < 1.29 is 9.32 Å². The van der Waals surface area contributed by atoms with Crippen LogP contribution in [-0.2, 0) is 4.79 Å². The van der Waals surface area contributed by atoms with Gasteiger partial charge in [-0.1, -0.05) is 12.1 Å². The Balaban J connectivity index is 2.70. The lowest BCUT2D eigenvalue weighted by Crippen LogP contribution is -2.28. The van der Waals surface area contributed by atoms with E-state index in [4.69, 9.17) is 10.3 Å². The van der Waals surface area contributed by atoms with Crippen molar-refractivity contribution in [2.24, 2.45) is 11.7 Å². The number of nitrogens with one attached hydrogen (secondary N) is 1. The van der Waals surface area contributed by atoms with Gasteiger partial charge in [0.2, 0.25) is 11.8 Å². The van der Waals surface area contributed by atoms with Gasteiger partial charge >= 0.3 is 0 Å². The van der Waals surface area contributed by atoms with E-state index in [1.165, 1.54) is 0 Å². The van der Waals surface area contributed by atoms with Gasteiger partial charge in [0.1, 0.15) is 0 Å². The number of anilines is 1. The summed E-state index contributed by atoms with van der Waals surface area (Å²) in [6.45, 7) is 5.95. The number of hydrogen-bond donors (Lipinski definition) is 2. The zero-order valence-electron chi connectivity index (χ0n) is 9.33.